The molecule has 2 rings (SSSR count). The van der Waals surface area contributed by atoms with E-state index < -0.39 is 10.0 Å². The predicted molar refractivity (Wildman–Crippen MR) is 76.8 cm³/mol. The first-order chi connectivity index (χ1) is 8.95. The van der Waals surface area contributed by atoms with Gasteiger partial charge in [-0.3, -0.25) is 0 Å². The number of nitrogens with zero attached hydrogens (tertiary/aromatic N) is 2. The van der Waals surface area contributed by atoms with Crippen LogP contribution in [-0.4, -0.2) is 50.3 Å². The molecule has 0 N–H and O–H groups in total. The zero-order chi connectivity index (χ0) is 14.0. The lowest BCUT2D eigenvalue weighted by molar-refractivity contribution is 0.159. The monoisotopic (exact) mass is 302 g/mol. The lowest BCUT2D eigenvalue weighted by Crippen LogP contribution is -2.51. The quantitative estimate of drug-likeness (QED) is 0.799. The lowest BCUT2D eigenvalue weighted by atomic mass is 10.2. The molecular weight excluding hydrogens is 284 g/mol. The highest BCUT2D eigenvalue weighted by atomic mass is 35.5. The molecule has 1 saturated heterocycles. The van der Waals surface area contributed by atoms with Gasteiger partial charge in [0.25, 0.3) is 0 Å². The molecule has 1 heterocycles. The summed E-state index contributed by atoms with van der Waals surface area (Å²) in [7, 11) is -1.36. The van der Waals surface area contributed by atoms with Crippen LogP contribution >= 0.6 is 11.6 Å². The van der Waals surface area contributed by atoms with Gasteiger partial charge in [0.2, 0.25) is 10.0 Å². The van der Waals surface area contributed by atoms with Crippen molar-refractivity contribution in [2.24, 2.45) is 0 Å². The summed E-state index contributed by atoms with van der Waals surface area (Å²) in [4.78, 5) is 2.51. The average Bonchev–Trinajstić information content (AvgIpc) is 2.41. The zero-order valence-corrected chi connectivity index (χ0v) is 12.8. The van der Waals surface area contributed by atoms with Gasteiger partial charge < -0.3 is 4.90 Å². The van der Waals surface area contributed by atoms with Crippen LogP contribution in [0.1, 0.15) is 12.5 Å². The van der Waals surface area contributed by atoms with E-state index in [1.54, 1.807) is 28.6 Å². The number of halogens is 1. The highest BCUT2D eigenvalue weighted by Gasteiger charge is 2.30. The summed E-state index contributed by atoms with van der Waals surface area (Å²) in [5, 5.41) is 0. The van der Waals surface area contributed by atoms with E-state index in [4.69, 9.17) is 11.6 Å². The molecule has 0 radical (unpaired) electrons. The molecule has 106 valence electrons. The molecule has 0 saturated carbocycles. The van der Waals surface area contributed by atoms with Crippen molar-refractivity contribution in [3.05, 3.63) is 29.8 Å². The summed E-state index contributed by atoms with van der Waals surface area (Å²) in [5.74, 6) is 0.395. The highest BCUT2D eigenvalue weighted by molar-refractivity contribution is 7.89. The molecule has 0 aliphatic carbocycles. The van der Waals surface area contributed by atoms with Gasteiger partial charge in [-0.25, -0.2) is 8.42 Å². The van der Waals surface area contributed by atoms with Gasteiger partial charge in [-0.2, -0.15) is 4.31 Å². The van der Waals surface area contributed by atoms with E-state index >= 15 is 0 Å². The number of alkyl halides is 1. The smallest absolute Gasteiger partial charge is 0.243 e. The van der Waals surface area contributed by atoms with Crippen molar-refractivity contribution in [1.29, 1.82) is 0 Å². The largest absolute Gasteiger partial charge is 0.301 e. The SMILES string of the molecule is CC1CN(S(=O)(=O)c2ccc(CCl)cc2)CCN1C. The van der Waals surface area contributed by atoms with E-state index in [1.807, 2.05) is 14.0 Å². The second-order valence-corrected chi connectivity index (χ2v) is 7.18. The molecule has 1 atom stereocenters. The molecule has 0 spiro atoms. The molecule has 1 aromatic carbocycles. The first-order valence-electron chi connectivity index (χ1n) is 6.30. The molecule has 1 fully saturated rings. The maximum atomic E-state index is 12.5. The van der Waals surface area contributed by atoms with E-state index in [1.165, 1.54) is 0 Å². The summed E-state index contributed by atoms with van der Waals surface area (Å²) in [6, 6.07) is 7.04. The summed E-state index contributed by atoms with van der Waals surface area (Å²) < 4.78 is 26.6. The van der Waals surface area contributed by atoms with Crippen LogP contribution < -0.4 is 0 Å². The number of rotatable bonds is 3. The van der Waals surface area contributed by atoms with Gasteiger partial charge >= 0.3 is 0 Å². The molecule has 0 amide bonds. The minimum Gasteiger partial charge on any atom is -0.301 e. The molecule has 6 heteroatoms. The van der Waals surface area contributed by atoms with Crippen LogP contribution in [0.2, 0.25) is 0 Å². The van der Waals surface area contributed by atoms with Gasteiger partial charge in [-0.05, 0) is 31.7 Å². The van der Waals surface area contributed by atoms with E-state index in [-0.39, 0.29) is 6.04 Å². The molecule has 4 nitrogen and oxygen atoms in total. The van der Waals surface area contributed by atoms with Crippen molar-refractivity contribution in [3.63, 3.8) is 0 Å². The average molecular weight is 303 g/mol. The van der Waals surface area contributed by atoms with Crippen LogP contribution in [0.25, 0.3) is 0 Å². The topological polar surface area (TPSA) is 40.6 Å². The van der Waals surface area contributed by atoms with E-state index in [0.717, 1.165) is 12.1 Å². The van der Waals surface area contributed by atoms with Crippen molar-refractivity contribution in [2.45, 2.75) is 23.7 Å². The van der Waals surface area contributed by atoms with Crippen molar-refractivity contribution in [2.75, 3.05) is 26.7 Å². The van der Waals surface area contributed by atoms with Crippen LogP contribution in [0.4, 0.5) is 0 Å². The summed E-state index contributed by atoms with van der Waals surface area (Å²) in [5.41, 5.74) is 0.923. The number of piperazine rings is 1. The summed E-state index contributed by atoms with van der Waals surface area (Å²) >= 11 is 5.71. The second kappa shape index (κ2) is 5.79. The van der Waals surface area contributed by atoms with Gasteiger partial charge in [-0.1, -0.05) is 12.1 Å². The third-order valence-electron chi connectivity index (χ3n) is 3.64. The third kappa shape index (κ3) is 3.11. The maximum Gasteiger partial charge on any atom is 0.243 e. The Labute approximate surface area is 120 Å². The first kappa shape index (κ1) is 14.8. The van der Waals surface area contributed by atoms with Crippen LogP contribution in [-0.2, 0) is 15.9 Å². The first-order valence-corrected chi connectivity index (χ1v) is 8.28. The predicted octanol–water partition coefficient (Wildman–Crippen LogP) is 1.75. The number of hydrogen-bond donors (Lipinski definition) is 0. The Bertz CT molecular complexity index is 530. The number of hydrogen-bond acceptors (Lipinski definition) is 3. The fourth-order valence-corrected chi connectivity index (χ4v) is 3.82. The van der Waals surface area contributed by atoms with Crippen molar-refractivity contribution < 1.29 is 8.42 Å². The Hall–Kier alpha value is -0.620. The van der Waals surface area contributed by atoms with Gasteiger partial charge in [0, 0.05) is 31.6 Å². The molecule has 1 aliphatic rings. The summed E-state index contributed by atoms with van der Waals surface area (Å²) in [6.45, 7) is 3.88. The Morgan fingerprint density at radius 2 is 1.89 bits per heavy atom. The Balaban J connectivity index is 2.21. The van der Waals surface area contributed by atoms with Crippen LogP contribution in [0, 0.1) is 0 Å². The fraction of sp³-hybridized carbons (Fsp3) is 0.538. The van der Waals surface area contributed by atoms with E-state index in [9.17, 15) is 8.42 Å². The molecule has 1 unspecified atom stereocenters. The molecule has 1 aliphatic heterocycles. The van der Waals surface area contributed by atoms with Gasteiger partial charge in [0.1, 0.15) is 0 Å². The summed E-state index contributed by atoms with van der Waals surface area (Å²) in [6.07, 6.45) is 0. The van der Waals surface area contributed by atoms with Gasteiger partial charge in [0.15, 0.2) is 0 Å². The minimum absolute atomic E-state index is 0.241. The Kier molecular flexibility index (Phi) is 4.50. The standard InChI is InChI=1S/C13H19ClN2O2S/c1-11-10-16(8-7-15(11)2)19(17,18)13-5-3-12(9-14)4-6-13/h3-6,11H,7-10H2,1-2H3. The second-order valence-electron chi connectivity index (χ2n) is 4.97. The van der Waals surface area contributed by atoms with Crippen LogP contribution in [0.3, 0.4) is 0 Å². The fourth-order valence-electron chi connectivity index (χ4n) is 2.13. The molecular formula is C13H19ClN2O2S. The molecule has 19 heavy (non-hydrogen) atoms. The number of sulfonamides is 1. The van der Waals surface area contributed by atoms with E-state index in [2.05, 4.69) is 4.90 Å². The number of benzene rings is 1. The van der Waals surface area contributed by atoms with Crippen LogP contribution in [0.15, 0.2) is 29.2 Å². The Morgan fingerprint density at radius 3 is 2.42 bits per heavy atom. The van der Waals surface area contributed by atoms with Gasteiger partial charge in [0.05, 0.1) is 4.90 Å². The Morgan fingerprint density at radius 1 is 1.26 bits per heavy atom. The normalized spacial score (nSPS) is 22.6. The maximum absolute atomic E-state index is 12.5. The zero-order valence-electron chi connectivity index (χ0n) is 11.2. The van der Waals surface area contributed by atoms with Gasteiger partial charge in [-0.15, -0.1) is 11.6 Å². The molecule has 0 aromatic heterocycles. The molecule has 1 aromatic rings. The molecule has 0 bridgehead atoms. The van der Waals surface area contributed by atoms with Crippen molar-refractivity contribution >= 4 is 21.6 Å². The van der Waals surface area contributed by atoms with Crippen molar-refractivity contribution in [1.82, 2.24) is 9.21 Å². The van der Waals surface area contributed by atoms with E-state index in [0.29, 0.717) is 23.9 Å². The van der Waals surface area contributed by atoms with Crippen molar-refractivity contribution in [3.8, 4) is 0 Å². The minimum atomic E-state index is -3.38. The van der Waals surface area contributed by atoms with Crippen LogP contribution in [0.5, 0.6) is 0 Å². The highest BCUT2D eigenvalue weighted by Crippen LogP contribution is 2.20. The third-order valence-corrected chi connectivity index (χ3v) is 5.83. The lowest BCUT2D eigenvalue weighted by Gasteiger charge is -2.36. The number of likely N-dealkylation sites (N-methyl/N-ethyl adjacent to an activating group) is 1.